The number of nitrogens with zero attached hydrogens (tertiary/aromatic N) is 1. The van der Waals surface area contributed by atoms with Crippen molar-refractivity contribution in [2.45, 2.75) is 19.9 Å². The molecule has 3 N–H and O–H groups in total. The number of halogens is 1. The Bertz CT molecular complexity index is 365. The van der Waals surface area contributed by atoms with Crippen LogP contribution in [0.2, 0.25) is 0 Å². The fraction of sp³-hybridized carbons (Fsp3) is 0.462. The lowest BCUT2D eigenvalue weighted by Gasteiger charge is -2.05. The summed E-state index contributed by atoms with van der Waals surface area (Å²) in [5, 5.41) is 3.00. The summed E-state index contributed by atoms with van der Waals surface area (Å²) in [6, 6.07) is 6.22. The van der Waals surface area contributed by atoms with Gasteiger partial charge in [-0.3, -0.25) is 0 Å². The molecule has 0 atom stereocenters. The predicted octanol–water partition coefficient (Wildman–Crippen LogP) is 1.66. The largest absolute Gasteiger partial charge is 0.382 e. The summed E-state index contributed by atoms with van der Waals surface area (Å²) in [5.41, 5.74) is 6.62. The average Bonchev–Trinajstić information content (AvgIpc) is 2.38. The van der Waals surface area contributed by atoms with Crippen LogP contribution in [0.4, 0.5) is 4.39 Å². The Hall–Kier alpha value is -1.62. The first kappa shape index (κ1) is 14.4. The van der Waals surface area contributed by atoms with Crippen LogP contribution < -0.4 is 11.1 Å². The van der Waals surface area contributed by atoms with Gasteiger partial charge in [-0.25, -0.2) is 9.38 Å². The van der Waals surface area contributed by atoms with E-state index in [1.54, 1.807) is 12.1 Å². The van der Waals surface area contributed by atoms with Gasteiger partial charge < -0.3 is 15.8 Å². The van der Waals surface area contributed by atoms with E-state index in [9.17, 15) is 4.39 Å². The lowest BCUT2D eigenvalue weighted by atomic mass is 10.2. The van der Waals surface area contributed by atoms with Gasteiger partial charge in [-0.15, -0.1) is 0 Å². The molecule has 0 spiro atoms. The van der Waals surface area contributed by atoms with Gasteiger partial charge in [0.2, 0.25) is 0 Å². The molecule has 0 saturated heterocycles. The molecule has 100 valence electrons. The molecule has 0 fully saturated rings. The van der Waals surface area contributed by atoms with E-state index in [1.807, 2.05) is 6.92 Å². The summed E-state index contributed by atoms with van der Waals surface area (Å²) >= 11 is 0. The number of nitrogens with two attached hydrogens (primary N) is 1. The Balaban J connectivity index is 2.22. The smallest absolute Gasteiger partial charge is 0.188 e. The SMILES string of the molecule is CCOCCCNC(N)=NCc1ccc(F)cc1. The fourth-order valence-corrected chi connectivity index (χ4v) is 1.36. The minimum Gasteiger partial charge on any atom is -0.382 e. The van der Waals surface area contributed by atoms with Crippen LogP contribution >= 0.6 is 0 Å². The van der Waals surface area contributed by atoms with Crippen LogP contribution in [0.5, 0.6) is 0 Å². The molecule has 0 aliphatic rings. The highest BCUT2D eigenvalue weighted by Crippen LogP contribution is 2.03. The van der Waals surface area contributed by atoms with Gasteiger partial charge in [0.05, 0.1) is 6.54 Å². The Morgan fingerprint density at radius 3 is 2.78 bits per heavy atom. The molecular weight excluding hydrogens is 233 g/mol. The van der Waals surface area contributed by atoms with Crippen LogP contribution in [0.1, 0.15) is 18.9 Å². The van der Waals surface area contributed by atoms with Gasteiger partial charge in [0, 0.05) is 19.8 Å². The van der Waals surface area contributed by atoms with Gasteiger partial charge in [-0.1, -0.05) is 12.1 Å². The van der Waals surface area contributed by atoms with E-state index in [4.69, 9.17) is 10.5 Å². The van der Waals surface area contributed by atoms with Crippen molar-refractivity contribution in [1.29, 1.82) is 0 Å². The molecule has 0 saturated carbocycles. The average molecular weight is 253 g/mol. The highest BCUT2D eigenvalue weighted by molar-refractivity contribution is 5.77. The van der Waals surface area contributed by atoms with Gasteiger partial charge in [0.15, 0.2) is 5.96 Å². The summed E-state index contributed by atoms with van der Waals surface area (Å²) in [6.07, 6.45) is 0.889. The number of hydrogen-bond acceptors (Lipinski definition) is 2. The monoisotopic (exact) mass is 253 g/mol. The molecule has 1 aromatic rings. The lowest BCUT2D eigenvalue weighted by molar-refractivity contribution is 0.145. The van der Waals surface area contributed by atoms with Crippen molar-refractivity contribution in [3.63, 3.8) is 0 Å². The van der Waals surface area contributed by atoms with E-state index < -0.39 is 0 Å². The van der Waals surface area contributed by atoms with E-state index in [2.05, 4.69) is 10.3 Å². The number of aliphatic imine (C=N–C) groups is 1. The molecule has 0 amide bonds. The van der Waals surface area contributed by atoms with Gasteiger partial charge in [-0.05, 0) is 31.0 Å². The maximum Gasteiger partial charge on any atom is 0.188 e. The quantitative estimate of drug-likeness (QED) is 0.441. The van der Waals surface area contributed by atoms with Crippen molar-refractivity contribution in [3.05, 3.63) is 35.6 Å². The van der Waals surface area contributed by atoms with Crippen molar-refractivity contribution in [1.82, 2.24) is 5.32 Å². The van der Waals surface area contributed by atoms with Gasteiger partial charge in [0.25, 0.3) is 0 Å². The van der Waals surface area contributed by atoms with E-state index in [0.29, 0.717) is 12.5 Å². The molecule has 0 bridgehead atoms. The molecule has 1 rings (SSSR count). The molecule has 1 aromatic carbocycles. The zero-order valence-corrected chi connectivity index (χ0v) is 10.7. The van der Waals surface area contributed by atoms with Crippen LogP contribution in [0, 0.1) is 5.82 Å². The van der Waals surface area contributed by atoms with E-state index in [0.717, 1.165) is 31.7 Å². The first-order valence-electron chi connectivity index (χ1n) is 6.08. The maximum atomic E-state index is 12.7. The maximum absolute atomic E-state index is 12.7. The second-order valence-corrected chi connectivity index (χ2v) is 3.81. The standard InChI is InChI=1S/C13H20FN3O/c1-2-18-9-3-8-16-13(15)17-10-11-4-6-12(14)7-5-11/h4-7H,2-3,8-10H2,1H3,(H3,15,16,17). The molecule has 0 aliphatic heterocycles. The van der Waals surface area contributed by atoms with E-state index in [-0.39, 0.29) is 5.82 Å². The van der Waals surface area contributed by atoms with E-state index >= 15 is 0 Å². The summed E-state index contributed by atoms with van der Waals surface area (Å²) in [7, 11) is 0. The van der Waals surface area contributed by atoms with Crippen LogP contribution in [0.3, 0.4) is 0 Å². The first-order chi connectivity index (χ1) is 8.72. The van der Waals surface area contributed by atoms with Crippen LogP contribution in [0.25, 0.3) is 0 Å². The summed E-state index contributed by atoms with van der Waals surface area (Å²) in [4.78, 5) is 4.16. The van der Waals surface area contributed by atoms with Crippen LogP contribution in [-0.4, -0.2) is 25.7 Å². The predicted molar refractivity (Wildman–Crippen MR) is 70.8 cm³/mol. The van der Waals surface area contributed by atoms with Crippen molar-refractivity contribution >= 4 is 5.96 Å². The number of rotatable bonds is 7. The number of ether oxygens (including phenoxy) is 1. The topological polar surface area (TPSA) is 59.6 Å². The Labute approximate surface area is 107 Å². The number of hydrogen-bond donors (Lipinski definition) is 2. The molecule has 5 heteroatoms. The lowest BCUT2D eigenvalue weighted by Crippen LogP contribution is -2.32. The number of guanidine groups is 1. The molecule has 0 aromatic heterocycles. The first-order valence-corrected chi connectivity index (χ1v) is 6.08. The Morgan fingerprint density at radius 2 is 2.11 bits per heavy atom. The second-order valence-electron chi connectivity index (χ2n) is 3.81. The molecule has 0 heterocycles. The minimum absolute atomic E-state index is 0.246. The third-order valence-corrected chi connectivity index (χ3v) is 2.32. The zero-order chi connectivity index (χ0) is 13.2. The summed E-state index contributed by atoms with van der Waals surface area (Å²) in [6.45, 7) is 4.60. The molecule has 0 aliphatic carbocycles. The third kappa shape index (κ3) is 6.20. The van der Waals surface area contributed by atoms with Crippen LogP contribution in [0.15, 0.2) is 29.3 Å². The Morgan fingerprint density at radius 1 is 1.39 bits per heavy atom. The summed E-state index contributed by atoms with van der Waals surface area (Å²) < 4.78 is 17.9. The molecule has 0 unspecified atom stereocenters. The van der Waals surface area contributed by atoms with Gasteiger partial charge in [0.1, 0.15) is 5.82 Å². The van der Waals surface area contributed by atoms with Crippen molar-refractivity contribution < 1.29 is 9.13 Å². The minimum atomic E-state index is -0.246. The normalized spacial score (nSPS) is 11.6. The summed E-state index contributed by atoms with van der Waals surface area (Å²) in [5.74, 6) is 0.153. The van der Waals surface area contributed by atoms with Gasteiger partial charge >= 0.3 is 0 Å². The van der Waals surface area contributed by atoms with Crippen molar-refractivity contribution in [3.8, 4) is 0 Å². The molecule has 4 nitrogen and oxygen atoms in total. The Kier molecular flexibility index (Phi) is 6.79. The van der Waals surface area contributed by atoms with Crippen molar-refractivity contribution in [2.24, 2.45) is 10.7 Å². The molecule has 0 radical (unpaired) electrons. The molecular formula is C13H20FN3O. The van der Waals surface area contributed by atoms with Crippen LogP contribution in [-0.2, 0) is 11.3 Å². The third-order valence-electron chi connectivity index (χ3n) is 2.32. The second kappa shape index (κ2) is 8.47. The van der Waals surface area contributed by atoms with Gasteiger partial charge in [-0.2, -0.15) is 0 Å². The number of nitrogens with one attached hydrogen (secondary N) is 1. The highest BCUT2D eigenvalue weighted by Gasteiger charge is 1.94. The highest BCUT2D eigenvalue weighted by atomic mass is 19.1. The molecule has 18 heavy (non-hydrogen) atoms. The van der Waals surface area contributed by atoms with Crippen molar-refractivity contribution in [2.75, 3.05) is 19.8 Å². The number of benzene rings is 1. The van der Waals surface area contributed by atoms with E-state index in [1.165, 1.54) is 12.1 Å². The fourth-order valence-electron chi connectivity index (χ4n) is 1.36. The zero-order valence-electron chi connectivity index (χ0n) is 10.7.